The first-order valence-electron chi connectivity index (χ1n) is 6.88. The van der Waals surface area contributed by atoms with Gasteiger partial charge in [0.15, 0.2) is 5.16 Å². The van der Waals surface area contributed by atoms with Crippen LogP contribution in [0.5, 0.6) is 0 Å². The summed E-state index contributed by atoms with van der Waals surface area (Å²) in [6.45, 7) is 13.1. The minimum atomic E-state index is -1.15. The molecule has 0 aromatic heterocycles. The Morgan fingerprint density at radius 2 is 1.55 bits per heavy atom. The molecule has 0 atom stereocenters. The van der Waals surface area contributed by atoms with Crippen molar-refractivity contribution >= 4 is 18.9 Å². The number of anilines is 1. The normalized spacial score (nSPS) is 16.3. The summed E-state index contributed by atoms with van der Waals surface area (Å²) in [5.41, 5.74) is 4.58. The minimum absolute atomic E-state index is 0. The maximum atomic E-state index is 12.6. The standard InChI is InChI=1S/C16H24NOP.Y/c1-11-9-12(2)14(13(3)10-11)17-15(18)16(7-8-16)19(4,5)6;/h9-10H,7-8H2,1-6H3;/p+1. The molecule has 1 aliphatic rings. The summed E-state index contributed by atoms with van der Waals surface area (Å²) < 4.78 is 0. The summed E-state index contributed by atoms with van der Waals surface area (Å²) in [6, 6.07) is 4.27. The summed E-state index contributed by atoms with van der Waals surface area (Å²) in [5, 5.41) is 3.15. The van der Waals surface area contributed by atoms with Gasteiger partial charge in [0.25, 0.3) is 5.91 Å². The number of benzene rings is 1. The number of amides is 1. The third kappa shape index (κ3) is 3.34. The Morgan fingerprint density at radius 3 is 1.90 bits per heavy atom. The average molecular weight is 367 g/mol. The van der Waals surface area contributed by atoms with Crippen LogP contribution >= 0.6 is 7.26 Å². The van der Waals surface area contributed by atoms with E-state index in [1.807, 2.05) is 0 Å². The van der Waals surface area contributed by atoms with Crippen molar-refractivity contribution in [2.45, 2.75) is 38.8 Å². The number of hydrogen-bond donors (Lipinski definition) is 1. The monoisotopic (exact) mass is 367 g/mol. The molecule has 1 aliphatic carbocycles. The van der Waals surface area contributed by atoms with Gasteiger partial charge in [-0.3, -0.25) is 4.79 Å². The van der Waals surface area contributed by atoms with Crippen LogP contribution in [-0.2, 0) is 37.5 Å². The Labute approximate surface area is 148 Å². The van der Waals surface area contributed by atoms with E-state index >= 15 is 0 Å². The van der Waals surface area contributed by atoms with Gasteiger partial charge in [-0.15, -0.1) is 0 Å². The van der Waals surface area contributed by atoms with Gasteiger partial charge >= 0.3 is 0 Å². The van der Waals surface area contributed by atoms with E-state index < -0.39 is 7.26 Å². The van der Waals surface area contributed by atoms with Gasteiger partial charge in [-0.2, -0.15) is 0 Å². The van der Waals surface area contributed by atoms with Gasteiger partial charge < -0.3 is 5.32 Å². The SMILES string of the molecule is Cc1cc(C)c(NC(=O)C2([P+](C)(C)C)CC2)c(C)c1.[Y]. The van der Waals surface area contributed by atoms with E-state index in [1.54, 1.807) is 0 Å². The second-order valence-electron chi connectivity index (χ2n) is 6.77. The number of carbonyl (C=O) groups excluding carboxylic acids is 1. The molecule has 1 saturated carbocycles. The summed E-state index contributed by atoms with van der Waals surface area (Å²) >= 11 is 0. The molecule has 20 heavy (non-hydrogen) atoms. The van der Waals surface area contributed by atoms with Crippen LogP contribution in [0, 0.1) is 20.8 Å². The van der Waals surface area contributed by atoms with Crippen molar-refractivity contribution in [3.05, 3.63) is 28.8 Å². The quantitative estimate of drug-likeness (QED) is 0.805. The van der Waals surface area contributed by atoms with Crippen LogP contribution in [0.4, 0.5) is 5.69 Å². The fourth-order valence-corrected chi connectivity index (χ4v) is 5.05. The van der Waals surface area contributed by atoms with Crippen molar-refractivity contribution in [2.24, 2.45) is 0 Å². The van der Waals surface area contributed by atoms with Crippen LogP contribution in [0.25, 0.3) is 0 Å². The number of rotatable bonds is 3. The third-order valence-electron chi connectivity index (χ3n) is 4.35. The first kappa shape index (κ1) is 18.3. The van der Waals surface area contributed by atoms with E-state index in [2.05, 4.69) is 58.2 Å². The van der Waals surface area contributed by atoms with Crippen molar-refractivity contribution in [1.29, 1.82) is 0 Å². The molecule has 1 amide bonds. The average Bonchev–Trinajstić information content (AvgIpc) is 3.02. The van der Waals surface area contributed by atoms with Crippen LogP contribution in [0.15, 0.2) is 12.1 Å². The molecule has 0 bridgehead atoms. The van der Waals surface area contributed by atoms with E-state index in [4.69, 9.17) is 0 Å². The molecule has 0 heterocycles. The molecule has 1 aromatic carbocycles. The molecule has 0 unspecified atom stereocenters. The summed E-state index contributed by atoms with van der Waals surface area (Å²) in [7, 11) is -1.15. The summed E-state index contributed by atoms with van der Waals surface area (Å²) in [5.74, 6) is 0.239. The Bertz CT molecular complexity index is 507. The number of aryl methyl sites for hydroxylation is 3. The second-order valence-corrected chi connectivity index (χ2v) is 11.7. The first-order valence-corrected chi connectivity index (χ1v) is 10.0. The van der Waals surface area contributed by atoms with Gasteiger partial charge in [-0.25, -0.2) is 0 Å². The third-order valence-corrected chi connectivity index (χ3v) is 7.56. The molecular formula is C16H25NOPY+. The van der Waals surface area contributed by atoms with Gasteiger partial charge in [0, 0.05) is 78.5 Å². The van der Waals surface area contributed by atoms with Crippen molar-refractivity contribution < 1.29 is 37.5 Å². The van der Waals surface area contributed by atoms with E-state index in [-0.39, 0.29) is 43.8 Å². The molecule has 0 spiro atoms. The maximum absolute atomic E-state index is 12.6. The van der Waals surface area contributed by atoms with E-state index in [1.165, 1.54) is 5.56 Å². The van der Waals surface area contributed by atoms with Crippen LogP contribution < -0.4 is 5.32 Å². The smallest absolute Gasteiger partial charge is 0.268 e. The molecule has 1 aromatic rings. The molecule has 2 nitrogen and oxygen atoms in total. The van der Waals surface area contributed by atoms with Crippen LogP contribution in [0.2, 0.25) is 0 Å². The summed E-state index contributed by atoms with van der Waals surface area (Å²) in [6.07, 6.45) is 2.11. The number of carbonyl (C=O) groups is 1. The molecule has 0 aliphatic heterocycles. The molecule has 107 valence electrons. The van der Waals surface area contributed by atoms with Crippen molar-refractivity contribution in [3.8, 4) is 0 Å². The number of nitrogens with one attached hydrogen (secondary N) is 1. The zero-order valence-electron chi connectivity index (χ0n) is 13.5. The predicted molar refractivity (Wildman–Crippen MR) is 85.9 cm³/mol. The van der Waals surface area contributed by atoms with E-state index in [9.17, 15) is 4.79 Å². The molecule has 2 rings (SSSR count). The molecule has 0 saturated heterocycles. The van der Waals surface area contributed by atoms with Crippen molar-refractivity contribution in [1.82, 2.24) is 0 Å². The topological polar surface area (TPSA) is 29.1 Å². The molecule has 1 fully saturated rings. The van der Waals surface area contributed by atoms with Gasteiger partial charge in [0.1, 0.15) is 0 Å². The van der Waals surface area contributed by atoms with Gasteiger partial charge in [0.05, 0.1) is 0 Å². The predicted octanol–water partition coefficient (Wildman–Crippen LogP) is 3.99. The van der Waals surface area contributed by atoms with Crippen LogP contribution in [0.1, 0.15) is 29.5 Å². The fraction of sp³-hybridized carbons (Fsp3) is 0.562. The Balaban J connectivity index is 0.00000200. The Morgan fingerprint density at radius 1 is 1.10 bits per heavy atom. The van der Waals surface area contributed by atoms with Crippen LogP contribution in [-0.4, -0.2) is 31.1 Å². The van der Waals surface area contributed by atoms with Crippen LogP contribution in [0.3, 0.4) is 0 Å². The zero-order valence-corrected chi connectivity index (χ0v) is 17.2. The summed E-state index contributed by atoms with van der Waals surface area (Å²) in [4.78, 5) is 12.6. The number of hydrogen-bond acceptors (Lipinski definition) is 1. The molecular weight excluding hydrogens is 342 g/mol. The fourth-order valence-electron chi connectivity index (χ4n) is 2.93. The second kappa shape index (κ2) is 6.15. The largest absolute Gasteiger partial charge is 0.322 e. The van der Waals surface area contributed by atoms with E-state index in [0.29, 0.717) is 0 Å². The first-order chi connectivity index (χ1) is 8.67. The molecule has 1 radical (unpaired) electrons. The molecule has 4 heteroatoms. The van der Waals surface area contributed by atoms with E-state index in [0.717, 1.165) is 29.7 Å². The van der Waals surface area contributed by atoms with Crippen molar-refractivity contribution in [2.75, 3.05) is 25.3 Å². The Kier molecular flexibility index (Phi) is 5.62. The van der Waals surface area contributed by atoms with Gasteiger partial charge in [0.2, 0.25) is 0 Å². The zero-order chi connectivity index (χ0) is 14.4. The van der Waals surface area contributed by atoms with Gasteiger partial charge in [-0.05, 0) is 31.9 Å². The van der Waals surface area contributed by atoms with Gasteiger partial charge in [-0.1, -0.05) is 17.7 Å². The molecule has 1 N–H and O–H groups in total. The maximum Gasteiger partial charge on any atom is 0.268 e. The minimum Gasteiger partial charge on any atom is -0.322 e. The van der Waals surface area contributed by atoms with Crippen molar-refractivity contribution in [3.63, 3.8) is 0 Å². The Hall–Kier alpha value is 0.224.